The fourth-order valence-corrected chi connectivity index (χ4v) is 3.06. The normalized spacial score (nSPS) is 10.3. The second-order valence-corrected chi connectivity index (χ2v) is 6.37. The van der Waals surface area contributed by atoms with E-state index in [2.05, 4.69) is 10.6 Å². The highest BCUT2D eigenvalue weighted by atomic mass is 32.1. The van der Waals surface area contributed by atoms with Crippen LogP contribution < -0.4 is 15.4 Å². The standard InChI is InChI=1S/C19H18N2O4S/c1-24-15-6-3-2-5-13(15)11-20-18(22)19(23)21-12-14-8-9-16(25-14)17-7-4-10-26-17/h2-10H,11-12H2,1H3,(H,20,22)(H,21,23). The van der Waals surface area contributed by atoms with Gasteiger partial charge in [0.25, 0.3) is 0 Å². The van der Waals surface area contributed by atoms with Crippen LogP contribution in [0.25, 0.3) is 10.6 Å². The molecule has 0 bridgehead atoms. The van der Waals surface area contributed by atoms with Crippen molar-refractivity contribution in [3.63, 3.8) is 0 Å². The minimum Gasteiger partial charge on any atom is -0.496 e. The first-order chi connectivity index (χ1) is 12.7. The maximum Gasteiger partial charge on any atom is 0.309 e. The fourth-order valence-electron chi connectivity index (χ4n) is 2.38. The summed E-state index contributed by atoms with van der Waals surface area (Å²) in [6, 6.07) is 14.8. The van der Waals surface area contributed by atoms with E-state index in [1.807, 2.05) is 41.8 Å². The number of nitrogens with one attached hydrogen (secondary N) is 2. The number of hydrogen-bond donors (Lipinski definition) is 2. The zero-order valence-electron chi connectivity index (χ0n) is 14.2. The Labute approximate surface area is 154 Å². The molecule has 0 fully saturated rings. The van der Waals surface area contributed by atoms with E-state index in [1.54, 1.807) is 30.6 Å². The monoisotopic (exact) mass is 370 g/mol. The molecule has 1 aromatic carbocycles. The Bertz CT molecular complexity index is 887. The van der Waals surface area contributed by atoms with Crippen molar-refractivity contribution in [2.45, 2.75) is 13.1 Å². The lowest BCUT2D eigenvalue weighted by atomic mass is 10.2. The van der Waals surface area contributed by atoms with Gasteiger partial charge in [-0.2, -0.15) is 0 Å². The van der Waals surface area contributed by atoms with Crippen LogP contribution in [-0.4, -0.2) is 18.9 Å². The maximum absolute atomic E-state index is 11.9. The van der Waals surface area contributed by atoms with E-state index in [0.29, 0.717) is 11.5 Å². The Morgan fingerprint density at radius 1 is 1.00 bits per heavy atom. The van der Waals surface area contributed by atoms with E-state index in [9.17, 15) is 9.59 Å². The molecule has 6 nitrogen and oxygen atoms in total. The summed E-state index contributed by atoms with van der Waals surface area (Å²) < 4.78 is 10.9. The number of methoxy groups -OCH3 is 1. The van der Waals surface area contributed by atoms with Crippen LogP contribution in [-0.2, 0) is 22.7 Å². The molecule has 2 aromatic heterocycles. The van der Waals surface area contributed by atoms with Crippen LogP contribution in [0.2, 0.25) is 0 Å². The molecular weight excluding hydrogens is 352 g/mol. The molecule has 0 saturated carbocycles. The third-order valence-corrected chi connectivity index (χ3v) is 4.57. The summed E-state index contributed by atoms with van der Waals surface area (Å²) in [4.78, 5) is 24.9. The summed E-state index contributed by atoms with van der Waals surface area (Å²) in [5.74, 6) is 0.559. The molecule has 0 unspecified atom stereocenters. The summed E-state index contributed by atoms with van der Waals surface area (Å²) in [5, 5.41) is 7.09. The zero-order valence-corrected chi connectivity index (χ0v) is 15.0. The average molecular weight is 370 g/mol. The van der Waals surface area contributed by atoms with Gasteiger partial charge in [0.2, 0.25) is 0 Å². The molecule has 0 aliphatic heterocycles. The van der Waals surface area contributed by atoms with Gasteiger partial charge in [-0.1, -0.05) is 24.3 Å². The molecule has 26 heavy (non-hydrogen) atoms. The van der Waals surface area contributed by atoms with Crippen LogP contribution in [0.3, 0.4) is 0 Å². The third-order valence-electron chi connectivity index (χ3n) is 3.69. The maximum atomic E-state index is 11.9. The van der Waals surface area contributed by atoms with Crippen molar-refractivity contribution in [3.8, 4) is 16.4 Å². The zero-order chi connectivity index (χ0) is 18.4. The molecule has 0 spiro atoms. The first-order valence-electron chi connectivity index (χ1n) is 7.98. The molecule has 0 aliphatic carbocycles. The molecule has 2 N–H and O–H groups in total. The number of furan rings is 1. The summed E-state index contributed by atoms with van der Waals surface area (Å²) in [6.45, 7) is 0.353. The van der Waals surface area contributed by atoms with Gasteiger partial charge < -0.3 is 19.8 Å². The van der Waals surface area contributed by atoms with Crippen LogP contribution in [0.4, 0.5) is 0 Å². The number of benzene rings is 1. The Kier molecular flexibility index (Phi) is 5.70. The van der Waals surface area contributed by atoms with E-state index in [4.69, 9.17) is 9.15 Å². The van der Waals surface area contributed by atoms with E-state index in [0.717, 1.165) is 16.2 Å². The SMILES string of the molecule is COc1ccccc1CNC(=O)C(=O)NCc1ccc(-c2cccs2)o1. The van der Waals surface area contributed by atoms with Gasteiger partial charge in [-0.3, -0.25) is 9.59 Å². The number of hydrogen-bond acceptors (Lipinski definition) is 5. The number of carbonyl (C=O) groups excluding carboxylic acids is 2. The Balaban J connectivity index is 1.49. The van der Waals surface area contributed by atoms with Crippen molar-refractivity contribution in [2.75, 3.05) is 7.11 Å². The first kappa shape index (κ1) is 17.8. The predicted octanol–water partition coefficient (Wildman–Crippen LogP) is 2.95. The molecule has 3 aromatic rings. The highest BCUT2D eigenvalue weighted by Crippen LogP contribution is 2.26. The highest BCUT2D eigenvalue weighted by molar-refractivity contribution is 7.13. The van der Waals surface area contributed by atoms with Crippen LogP contribution in [0, 0.1) is 0 Å². The van der Waals surface area contributed by atoms with Gasteiger partial charge in [-0.05, 0) is 29.6 Å². The van der Waals surface area contributed by atoms with E-state index >= 15 is 0 Å². The van der Waals surface area contributed by atoms with Crippen molar-refractivity contribution in [3.05, 3.63) is 65.2 Å². The molecule has 0 radical (unpaired) electrons. The molecular formula is C19H18N2O4S. The largest absolute Gasteiger partial charge is 0.496 e. The van der Waals surface area contributed by atoms with E-state index < -0.39 is 11.8 Å². The number of carbonyl (C=O) groups is 2. The van der Waals surface area contributed by atoms with Crippen molar-refractivity contribution >= 4 is 23.2 Å². The van der Waals surface area contributed by atoms with Gasteiger partial charge in [0.05, 0.1) is 18.5 Å². The average Bonchev–Trinajstić information content (AvgIpc) is 3.35. The second kappa shape index (κ2) is 8.35. The number of para-hydroxylation sites is 1. The van der Waals surface area contributed by atoms with Crippen molar-refractivity contribution in [2.24, 2.45) is 0 Å². The van der Waals surface area contributed by atoms with Gasteiger partial charge in [-0.15, -0.1) is 11.3 Å². The first-order valence-corrected chi connectivity index (χ1v) is 8.86. The van der Waals surface area contributed by atoms with Crippen molar-refractivity contribution < 1.29 is 18.7 Å². The van der Waals surface area contributed by atoms with Crippen LogP contribution in [0.5, 0.6) is 5.75 Å². The summed E-state index contributed by atoms with van der Waals surface area (Å²) in [6.07, 6.45) is 0. The third kappa shape index (κ3) is 4.31. The molecule has 2 amide bonds. The number of thiophene rings is 1. The molecule has 0 atom stereocenters. The topological polar surface area (TPSA) is 80.6 Å². The van der Waals surface area contributed by atoms with E-state index in [1.165, 1.54) is 0 Å². The minimum atomic E-state index is -0.714. The van der Waals surface area contributed by atoms with Gasteiger partial charge >= 0.3 is 11.8 Å². The van der Waals surface area contributed by atoms with Crippen LogP contribution in [0.15, 0.2) is 58.3 Å². The molecule has 2 heterocycles. The number of rotatable bonds is 6. The quantitative estimate of drug-likeness (QED) is 0.654. The van der Waals surface area contributed by atoms with Crippen LogP contribution >= 0.6 is 11.3 Å². The smallest absolute Gasteiger partial charge is 0.309 e. The molecule has 0 aliphatic rings. The lowest BCUT2D eigenvalue weighted by molar-refractivity contribution is -0.139. The highest BCUT2D eigenvalue weighted by Gasteiger charge is 2.14. The van der Waals surface area contributed by atoms with Crippen molar-refractivity contribution in [1.82, 2.24) is 10.6 Å². The second-order valence-electron chi connectivity index (χ2n) is 5.42. The minimum absolute atomic E-state index is 0.145. The summed E-state index contributed by atoms with van der Waals surface area (Å²) >= 11 is 1.57. The summed E-state index contributed by atoms with van der Waals surface area (Å²) in [5.41, 5.74) is 0.794. The number of amides is 2. The number of ether oxygens (including phenoxy) is 1. The molecule has 0 saturated heterocycles. The van der Waals surface area contributed by atoms with Gasteiger partial charge in [0.15, 0.2) is 0 Å². The molecule has 7 heteroatoms. The van der Waals surface area contributed by atoms with Gasteiger partial charge in [0.1, 0.15) is 17.3 Å². The van der Waals surface area contributed by atoms with Gasteiger partial charge in [0, 0.05) is 12.1 Å². The Hall–Kier alpha value is -3.06. The van der Waals surface area contributed by atoms with Gasteiger partial charge in [-0.25, -0.2) is 0 Å². The fraction of sp³-hybridized carbons (Fsp3) is 0.158. The van der Waals surface area contributed by atoms with Crippen LogP contribution in [0.1, 0.15) is 11.3 Å². The summed E-state index contributed by atoms with van der Waals surface area (Å²) in [7, 11) is 1.56. The Morgan fingerprint density at radius 2 is 1.77 bits per heavy atom. The lowest BCUT2D eigenvalue weighted by Gasteiger charge is -2.09. The molecule has 3 rings (SSSR count). The Morgan fingerprint density at radius 3 is 2.50 bits per heavy atom. The lowest BCUT2D eigenvalue weighted by Crippen LogP contribution is -2.39. The van der Waals surface area contributed by atoms with Crippen molar-refractivity contribution in [1.29, 1.82) is 0 Å². The predicted molar refractivity (Wildman–Crippen MR) is 98.7 cm³/mol. The molecule has 134 valence electrons. The van der Waals surface area contributed by atoms with E-state index in [-0.39, 0.29) is 13.1 Å².